The monoisotopic (exact) mass is 312 g/mol. The van der Waals surface area contributed by atoms with Crippen LogP contribution in [-0.2, 0) is 6.42 Å². The van der Waals surface area contributed by atoms with Crippen LogP contribution in [0.4, 0.5) is 0 Å². The van der Waals surface area contributed by atoms with Gasteiger partial charge < -0.3 is 0 Å². The van der Waals surface area contributed by atoms with E-state index in [1.807, 2.05) is 4.52 Å². The van der Waals surface area contributed by atoms with E-state index in [0.29, 0.717) is 5.82 Å². The molecule has 0 aliphatic carbocycles. The molecule has 22 heavy (non-hydrogen) atoms. The SMILES string of the molecule is CCCCc1nc2nncc-2c2nc(-c3cc(C)cs3)[nH]n12. The first-order valence-electron chi connectivity index (χ1n) is 7.40. The van der Waals surface area contributed by atoms with E-state index in [1.54, 1.807) is 17.5 Å². The summed E-state index contributed by atoms with van der Waals surface area (Å²) in [5.74, 6) is 2.50. The molecule has 0 radical (unpaired) electrons. The van der Waals surface area contributed by atoms with Crippen molar-refractivity contribution in [3.8, 4) is 22.1 Å². The van der Waals surface area contributed by atoms with Gasteiger partial charge in [0.15, 0.2) is 17.3 Å². The Hall–Kier alpha value is -2.28. The van der Waals surface area contributed by atoms with Crippen LogP contribution in [0.15, 0.2) is 17.6 Å². The molecule has 0 fully saturated rings. The molecule has 2 aliphatic rings. The average Bonchev–Trinajstić information content (AvgIpc) is 3.21. The number of aromatic amines is 1. The topological polar surface area (TPSA) is 71.8 Å². The number of nitrogens with zero attached hydrogens (tertiary/aromatic N) is 5. The Bertz CT molecular complexity index is 902. The summed E-state index contributed by atoms with van der Waals surface area (Å²) in [5, 5.41) is 13.6. The number of hydrogen-bond acceptors (Lipinski definition) is 5. The van der Waals surface area contributed by atoms with Gasteiger partial charge in [-0.1, -0.05) is 13.3 Å². The molecule has 0 spiro atoms. The van der Waals surface area contributed by atoms with Crippen molar-refractivity contribution in [2.24, 2.45) is 0 Å². The fraction of sp³-hybridized carbons (Fsp3) is 0.333. The molecular weight excluding hydrogens is 296 g/mol. The van der Waals surface area contributed by atoms with E-state index < -0.39 is 0 Å². The van der Waals surface area contributed by atoms with Crippen LogP contribution >= 0.6 is 11.3 Å². The van der Waals surface area contributed by atoms with Crippen molar-refractivity contribution in [2.75, 3.05) is 0 Å². The van der Waals surface area contributed by atoms with E-state index >= 15 is 0 Å². The standard InChI is InChI=1S/C15H16N6S/c1-3-4-5-12-17-13-10(7-16-19-13)15-18-14(20-21(12)15)11-6-9(2)8-22-11/h6-8H,3-5H2,1-2H3,(H,18,20). The number of unbranched alkanes of at least 4 members (excludes halogenated alkanes) is 1. The zero-order chi connectivity index (χ0) is 15.1. The van der Waals surface area contributed by atoms with Crippen LogP contribution < -0.4 is 0 Å². The first kappa shape index (κ1) is 13.4. The van der Waals surface area contributed by atoms with Crippen molar-refractivity contribution in [1.29, 1.82) is 0 Å². The van der Waals surface area contributed by atoms with Crippen LogP contribution in [0.3, 0.4) is 0 Å². The molecule has 0 amide bonds. The van der Waals surface area contributed by atoms with Crippen LogP contribution in [0.5, 0.6) is 0 Å². The molecule has 0 saturated carbocycles. The van der Waals surface area contributed by atoms with Crippen LogP contribution in [-0.4, -0.2) is 29.8 Å². The highest BCUT2D eigenvalue weighted by Crippen LogP contribution is 2.28. The lowest BCUT2D eigenvalue weighted by molar-refractivity contribution is 0.713. The quantitative estimate of drug-likeness (QED) is 0.627. The Balaban J connectivity index is 1.93. The maximum Gasteiger partial charge on any atom is 0.188 e. The molecule has 0 atom stereocenters. The molecule has 0 bridgehead atoms. The van der Waals surface area contributed by atoms with Crippen LogP contribution in [0, 0.1) is 6.92 Å². The van der Waals surface area contributed by atoms with Crippen molar-refractivity contribution in [3.63, 3.8) is 0 Å². The summed E-state index contributed by atoms with van der Waals surface area (Å²) >= 11 is 1.69. The Morgan fingerprint density at radius 2 is 2.23 bits per heavy atom. The Kier molecular flexibility index (Phi) is 3.15. The molecular formula is C15H16N6S. The Morgan fingerprint density at radius 3 is 3.00 bits per heavy atom. The van der Waals surface area contributed by atoms with Gasteiger partial charge >= 0.3 is 0 Å². The second-order valence-electron chi connectivity index (χ2n) is 5.43. The van der Waals surface area contributed by atoms with Crippen molar-refractivity contribution in [3.05, 3.63) is 29.0 Å². The van der Waals surface area contributed by atoms with Gasteiger partial charge in [0.1, 0.15) is 5.82 Å². The lowest BCUT2D eigenvalue weighted by Crippen LogP contribution is -2.05. The van der Waals surface area contributed by atoms with Gasteiger partial charge in [0.2, 0.25) is 0 Å². The van der Waals surface area contributed by atoms with Gasteiger partial charge in [0, 0.05) is 6.42 Å². The third kappa shape index (κ3) is 2.09. The summed E-state index contributed by atoms with van der Waals surface area (Å²) < 4.78 is 1.98. The van der Waals surface area contributed by atoms with Gasteiger partial charge in [-0.2, -0.15) is 5.10 Å². The number of thiophene rings is 1. The molecule has 7 heteroatoms. The highest BCUT2D eigenvalue weighted by molar-refractivity contribution is 7.13. The lowest BCUT2D eigenvalue weighted by atomic mass is 10.2. The smallest absolute Gasteiger partial charge is 0.188 e. The molecule has 2 aromatic heterocycles. The number of rotatable bonds is 4. The fourth-order valence-electron chi connectivity index (χ4n) is 2.54. The maximum atomic E-state index is 4.76. The molecule has 4 heterocycles. The number of fused-ring (bicyclic) bond motifs is 3. The highest BCUT2D eigenvalue weighted by atomic mass is 32.1. The predicted octanol–water partition coefficient (Wildman–Crippen LogP) is 3.33. The van der Waals surface area contributed by atoms with Crippen LogP contribution in [0.1, 0.15) is 31.2 Å². The van der Waals surface area contributed by atoms with E-state index in [2.05, 4.69) is 45.6 Å². The van der Waals surface area contributed by atoms with Gasteiger partial charge in [-0.3, -0.25) is 5.10 Å². The maximum absolute atomic E-state index is 4.76. The second-order valence-corrected chi connectivity index (χ2v) is 6.34. The molecule has 2 aromatic rings. The first-order chi connectivity index (χ1) is 10.8. The zero-order valence-corrected chi connectivity index (χ0v) is 13.3. The van der Waals surface area contributed by atoms with Crippen LogP contribution in [0.25, 0.3) is 27.7 Å². The summed E-state index contributed by atoms with van der Waals surface area (Å²) in [6, 6.07) is 2.14. The molecule has 0 unspecified atom stereocenters. The summed E-state index contributed by atoms with van der Waals surface area (Å²) in [4.78, 5) is 10.5. The fourth-order valence-corrected chi connectivity index (χ4v) is 3.38. The third-order valence-corrected chi connectivity index (χ3v) is 4.73. The van der Waals surface area contributed by atoms with Gasteiger partial charge in [0.25, 0.3) is 0 Å². The molecule has 112 valence electrons. The predicted molar refractivity (Wildman–Crippen MR) is 86.2 cm³/mol. The number of aromatic nitrogens is 6. The Morgan fingerprint density at radius 1 is 1.32 bits per heavy atom. The number of nitrogens with one attached hydrogen (secondary N) is 1. The lowest BCUT2D eigenvalue weighted by Gasteiger charge is -2.05. The summed E-state index contributed by atoms with van der Waals surface area (Å²) in [5.41, 5.74) is 2.98. The van der Waals surface area contributed by atoms with E-state index in [9.17, 15) is 0 Å². The molecule has 6 nitrogen and oxygen atoms in total. The molecule has 0 aromatic carbocycles. The summed E-state index contributed by atoms with van der Waals surface area (Å²) in [7, 11) is 0. The van der Waals surface area contributed by atoms with Crippen molar-refractivity contribution < 1.29 is 0 Å². The molecule has 4 rings (SSSR count). The number of aryl methyl sites for hydroxylation is 2. The largest absolute Gasteiger partial charge is 0.273 e. The van der Waals surface area contributed by atoms with E-state index in [-0.39, 0.29) is 0 Å². The minimum atomic E-state index is 0.673. The Labute approximate surface area is 131 Å². The zero-order valence-electron chi connectivity index (χ0n) is 12.5. The van der Waals surface area contributed by atoms with Gasteiger partial charge in [-0.15, -0.1) is 16.4 Å². The average molecular weight is 312 g/mol. The van der Waals surface area contributed by atoms with Gasteiger partial charge in [0.05, 0.1) is 16.6 Å². The van der Waals surface area contributed by atoms with E-state index in [4.69, 9.17) is 4.98 Å². The molecule has 2 aliphatic heterocycles. The van der Waals surface area contributed by atoms with Crippen LogP contribution in [0.2, 0.25) is 0 Å². The van der Waals surface area contributed by atoms with Crippen molar-refractivity contribution >= 4 is 17.0 Å². The van der Waals surface area contributed by atoms with Crippen molar-refractivity contribution in [1.82, 2.24) is 29.8 Å². The summed E-state index contributed by atoms with van der Waals surface area (Å²) in [6.45, 7) is 4.27. The second kappa shape index (κ2) is 5.17. The number of hydrogen-bond donors (Lipinski definition) is 1. The molecule has 1 N–H and O–H groups in total. The third-order valence-electron chi connectivity index (χ3n) is 3.68. The van der Waals surface area contributed by atoms with Gasteiger partial charge in [-0.25, -0.2) is 14.5 Å². The minimum Gasteiger partial charge on any atom is -0.273 e. The number of H-pyrrole nitrogens is 1. The minimum absolute atomic E-state index is 0.673. The molecule has 0 saturated heterocycles. The first-order valence-corrected chi connectivity index (χ1v) is 8.28. The highest BCUT2D eigenvalue weighted by Gasteiger charge is 2.19. The normalized spacial score (nSPS) is 11.7. The van der Waals surface area contributed by atoms with E-state index in [0.717, 1.165) is 47.0 Å². The van der Waals surface area contributed by atoms with E-state index in [1.165, 1.54) is 5.56 Å². The van der Waals surface area contributed by atoms with Crippen molar-refractivity contribution in [2.45, 2.75) is 33.1 Å². The summed E-state index contributed by atoms with van der Waals surface area (Å²) in [6.07, 6.45) is 4.83. The van der Waals surface area contributed by atoms with Gasteiger partial charge in [-0.05, 0) is 30.4 Å².